The van der Waals surface area contributed by atoms with E-state index in [1.54, 1.807) is 12.3 Å². The summed E-state index contributed by atoms with van der Waals surface area (Å²) in [6.45, 7) is 6.59. The molecule has 0 radical (unpaired) electrons. The summed E-state index contributed by atoms with van der Waals surface area (Å²) in [6, 6.07) is 5.23. The van der Waals surface area contributed by atoms with Crippen LogP contribution in [0.5, 0.6) is 0 Å². The number of carbonyl (C=O) groups excluding carboxylic acids is 1. The lowest BCUT2D eigenvalue weighted by Crippen LogP contribution is -2.50. The monoisotopic (exact) mass is 422 g/mol. The van der Waals surface area contributed by atoms with Gasteiger partial charge in [-0.05, 0) is 44.4 Å². The number of aryl methyl sites for hydroxylation is 1. The molecule has 2 aromatic heterocycles. The largest absolute Gasteiger partial charge is 0.369 e. The number of benzene rings is 1. The average molecular weight is 423 g/mol. The van der Waals surface area contributed by atoms with Gasteiger partial charge in [-0.2, -0.15) is 0 Å². The third-order valence-electron chi connectivity index (χ3n) is 6.10. The molecule has 7 nitrogen and oxygen atoms in total. The Labute approximate surface area is 180 Å². The van der Waals surface area contributed by atoms with E-state index >= 15 is 0 Å². The van der Waals surface area contributed by atoms with Crippen molar-refractivity contribution in [1.82, 2.24) is 19.7 Å². The van der Waals surface area contributed by atoms with Crippen molar-refractivity contribution < 1.29 is 9.18 Å². The molecule has 3 heterocycles. The van der Waals surface area contributed by atoms with Gasteiger partial charge in [0.05, 0.1) is 23.1 Å². The number of piperazine rings is 1. The number of nitrogens with one attached hydrogen (secondary N) is 2. The summed E-state index contributed by atoms with van der Waals surface area (Å²) in [7, 11) is 0. The highest BCUT2D eigenvalue weighted by atomic mass is 19.1. The number of carbonyl (C=O) groups is 1. The topological polar surface area (TPSA) is 74.6 Å². The SMILES string of the molecule is CC[C@@H]1CN(c2ccc(C(=O)Nc3cn4cc(C)nc4c(C4CC4)n3)c(F)c2)CCN1. The molecule has 1 aromatic carbocycles. The fourth-order valence-corrected chi connectivity index (χ4v) is 4.24. The van der Waals surface area contributed by atoms with Crippen LogP contribution in [0, 0.1) is 12.7 Å². The van der Waals surface area contributed by atoms with Crippen molar-refractivity contribution in [1.29, 1.82) is 0 Å². The molecule has 2 aliphatic rings. The molecule has 0 bridgehead atoms. The number of amides is 1. The lowest BCUT2D eigenvalue weighted by molar-refractivity contribution is 0.102. The fourth-order valence-electron chi connectivity index (χ4n) is 4.24. The number of fused-ring (bicyclic) bond motifs is 1. The van der Waals surface area contributed by atoms with Crippen LogP contribution in [0.3, 0.4) is 0 Å². The molecule has 2 fully saturated rings. The quantitative estimate of drug-likeness (QED) is 0.658. The molecule has 2 N–H and O–H groups in total. The Bertz CT molecular complexity index is 1140. The van der Waals surface area contributed by atoms with E-state index < -0.39 is 11.7 Å². The fraction of sp³-hybridized carbons (Fsp3) is 0.435. The van der Waals surface area contributed by atoms with Crippen molar-refractivity contribution in [2.75, 3.05) is 29.9 Å². The van der Waals surface area contributed by atoms with Crippen LogP contribution in [0.15, 0.2) is 30.6 Å². The lowest BCUT2D eigenvalue weighted by Gasteiger charge is -2.35. The van der Waals surface area contributed by atoms with Gasteiger partial charge in [0.1, 0.15) is 11.6 Å². The molecule has 5 rings (SSSR count). The van der Waals surface area contributed by atoms with Crippen molar-refractivity contribution in [3.05, 3.63) is 53.4 Å². The maximum absolute atomic E-state index is 14.9. The zero-order valence-corrected chi connectivity index (χ0v) is 17.9. The summed E-state index contributed by atoms with van der Waals surface area (Å²) in [5.41, 5.74) is 3.44. The molecule has 1 aliphatic heterocycles. The van der Waals surface area contributed by atoms with Gasteiger partial charge in [-0.25, -0.2) is 14.4 Å². The summed E-state index contributed by atoms with van der Waals surface area (Å²) in [5, 5.41) is 6.23. The highest BCUT2D eigenvalue weighted by Crippen LogP contribution is 2.41. The van der Waals surface area contributed by atoms with E-state index in [0.29, 0.717) is 17.8 Å². The molecule has 8 heteroatoms. The lowest BCUT2D eigenvalue weighted by atomic mass is 10.1. The summed E-state index contributed by atoms with van der Waals surface area (Å²) < 4.78 is 16.8. The number of halogens is 1. The third-order valence-corrected chi connectivity index (χ3v) is 6.10. The second-order valence-corrected chi connectivity index (χ2v) is 8.52. The minimum absolute atomic E-state index is 0.0163. The van der Waals surface area contributed by atoms with Crippen molar-refractivity contribution in [2.45, 2.75) is 45.1 Å². The van der Waals surface area contributed by atoms with Gasteiger partial charge in [0.15, 0.2) is 5.65 Å². The van der Waals surface area contributed by atoms with E-state index in [1.807, 2.05) is 23.6 Å². The Balaban J connectivity index is 1.37. The van der Waals surface area contributed by atoms with E-state index in [1.165, 1.54) is 6.07 Å². The first-order valence-electron chi connectivity index (χ1n) is 11.0. The Morgan fingerprint density at radius 2 is 2.13 bits per heavy atom. The highest BCUT2D eigenvalue weighted by Gasteiger charge is 2.29. The predicted octanol–water partition coefficient (Wildman–Crippen LogP) is 3.49. The number of imidazole rings is 1. The number of nitrogens with zero attached hydrogens (tertiary/aromatic N) is 4. The number of rotatable bonds is 5. The van der Waals surface area contributed by atoms with Gasteiger partial charge in [0.25, 0.3) is 5.91 Å². The zero-order chi connectivity index (χ0) is 21.5. The van der Waals surface area contributed by atoms with Gasteiger partial charge in [-0.3, -0.25) is 4.79 Å². The third kappa shape index (κ3) is 3.99. The van der Waals surface area contributed by atoms with E-state index in [0.717, 1.165) is 61.6 Å². The molecule has 1 saturated carbocycles. The Morgan fingerprint density at radius 3 is 2.87 bits per heavy atom. The maximum Gasteiger partial charge on any atom is 0.259 e. The number of hydrogen-bond donors (Lipinski definition) is 2. The Hall–Kier alpha value is -3.00. The number of anilines is 2. The van der Waals surface area contributed by atoms with Crippen LogP contribution < -0.4 is 15.5 Å². The molecule has 0 unspecified atom stereocenters. The van der Waals surface area contributed by atoms with Crippen LogP contribution in [-0.4, -0.2) is 46.0 Å². The summed E-state index contributed by atoms with van der Waals surface area (Å²) in [4.78, 5) is 24.2. The molecule has 31 heavy (non-hydrogen) atoms. The van der Waals surface area contributed by atoms with E-state index in [4.69, 9.17) is 0 Å². The standard InChI is InChI=1S/C23H27FN6O/c1-3-16-12-29(9-8-25-16)17-6-7-18(19(24)10-17)23(31)28-20-13-30-11-14(2)26-22(30)21(27-20)15-4-5-15/h6-7,10-11,13,15-16,25H,3-5,8-9,12H2,1-2H3,(H,28,31)/t16-/m1/s1. The first kappa shape index (κ1) is 19.9. The number of aromatic nitrogens is 3. The van der Waals surface area contributed by atoms with E-state index in [2.05, 4.69) is 32.4 Å². The van der Waals surface area contributed by atoms with E-state index in [9.17, 15) is 9.18 Å². The summed E-state index contributed by atoms with van der Waals surface area (Å²) in [5.74, 6) is -0.235. The molecule has 0 spiro atoms. The molecule has 162 valence electrons. The van der Waals surface area contributed by atoms with Gasteiger partial charge in [0.2, 0.25) is 0 Å². The van der Waals surface area contributed by atoms with Crippen molar-refractivity contribution in [2.24, 2.45) is 0 Å². The van der Waals surface area contributed by atoms with Crippen LogP contribution in [0.1, 0.15) is 53.8 Å². The van der Waals surface area contributed by atoms with Crippen LogP contribution >= 0.6 is 0 Å². The molecule has 1 saturated heterocycles. The van der Waals surface area contributed by atoms with Crippen LogP contribution in [0.2, 0.25) is 0 Å². The Kier molecular flexibility index (Phi) is 5.09. The van der Waals surface area contributed by atoms with Crippen molar-refractivity contribution in [3.63, 3.8) is 0 Å². The summed E-state index contributed by atoms with van der Waals surface area (Å²) >= 11 is 0. The molecular formula is C23H27FN6O. The minimum atomic E-state index is -0.524. The van der Waals surface area contributed by atoms with E-state index in [-0.39, 0.29) is 5.56 Å². The predicted molar refractivity (Wildman–Crippen MR) is 118 cm³/mol. The van der Waals surface area contributed by atoms with Gasteiger partial charge >= 0.3 is 0 Å². The van der Waals surface area contributed by atoms with Crippen molar-refractivity contribution >= 4 is 23.1 Å². The normalized spacial score (nSPS) is 19.1. The van der Waals surface area contributed by atoms with Gasteiger partial charge in [-0.15, -0.1) is 0 Å². The van der Waals surface area contributed by atoms with Gasteiger partial charge < -0.3 is 19.9 Å². The first-order chi connectivity index (χ1) is 15.0. The zero-order valence-electron chi connectivity index (χ0n) is 17.9. The van der Waals surface area contributed by atoms with Crippen LogP contribution in [-0.2, 0) is 0 Å². The summed E-state index contributed by atoms with van der Waals surface area (Å²) in [6.07, 6.45) is 6.82. The first-order valence-corrected chi connectivity index (χ1v) is 11.0. The second-order valence-electron chi connectivity index (χ2n) is 8.52. The minimum Gasteiger partial charge on any atom is -0.369 e. The van der Waals surface area contributed by atoms with Gasteiger partial charge in [-0.1, -0.05) is 6.92 Å². The van der Waals surface area contributed by atoms with Gasteiger partial charge in [0, 0.05) is 43.5 Å². The molecule has 1 amide bonds. The average Bonchev–Trinajstić information content (AvgIpc) is 3.54. The Morgan fingerprint density at radius 1 is 1.29 bits per heavy atom. The molecule has 1 aliphatic carbocycles. The number of hydrogen-bond acceptors (Lipinski definition) is 5. The highest BCUT2D eigenvalue weighted by molar-refractivity contribution is 6.04. The molecule has 3 aromatic rings. The smallest absolute Gasteiger partial charge is 0.259 e. The van der Waals surface area contributed by atoms with Crippen LogP contribution in [0.4, 0.5) is 15.9 Å². The second kappa shape index (κ2) is 7.92. The maximum atomic E-state index is 14.9. The molecule has 1 atom stereocenters. The van der Waals surface area contributed by atoms with Crippen molar-refractivity contribution in [3.8, 4) is 0 Å². The molecular weight excluding hydrogens is 395 g/mol. The van der Waals surface area contributed by atoms with Crippen LogP contribution in [0.25, 0.3) is 5.65 Å².